The second kappa shape index (κ2) is 9.74. The van der Waals surface area contributed by atoms with Crippen molar-refractivity contribution in [3.05, 3.63) is 41.5 Å². The van der Waals surface area contributed by atoms with Crippen LogP contribution in [0.15, 0.2) is 35.9 Å². The number of methoxy groups -OCH3 is 1. The Bertz CT molecular complexity index is 478. The van der Waals surface area contributed by atoms with Crippen molar-refractivity contribution in [1.82, 2.24) is 0 Å². The van der Waals surface area contributed by atoms with Crippen molar-refractivity contribution in [3.63, 3.8) is 0 Å². The predicted octanol–water partition coefficient (Wildman–Crippen LogP) is 5.42. The minimum atomic E-state index is -0.117. The monoisotopic (exact) mass is 318 g/mol. The van der Waals surface area contributed by atoms with Crippen LogP contribution in [0.25, 0.3) is 0 Å². The lowest BCUT2D eigenvalue weighted by Crippen LogP contribution is -2.10. The smallest absolute Gasteiger partial charge is 0.162 e. The first-order chi connectivity index (χ1) is 11.3. The highest BCUT2D eigenvalue weighted by molar-refractivity contribution is 5.33. The molecule has 2 unspecified atom stereocenters. The van der Waals surface area contributed by atoms with E-state index in [1.165, 1.54) is 36.8 Å². The summed E-state index contributed by atoms with van der Waals surface area (Å²) < 4.78 is 17.0. The first-order valence-electron chi connectivity index (χ1n) is 8.88. The van der Waals surface area contributed by atoms with Crippen LogP contribution in [0.5, 0.6) is 5.75 Å². The zero-order chi connectivity index (χ0) is 16.5. The molecule has 2 atom stereocenters. The lowest BCUT2D eigenvalue weighted by atomic mass is 9.99. The summed E-state index contributed by atoms with van der Waals surface area (Å²) >= 11 is 0. The van der Waals surface area contributed by atoms with Gasteiger partial charge in [0, 0.05) is 13.0 Å². The average molecular weight is 318 g/mol. The van der Waals surface area contributed by atoms with Gasteiger partial charge in [-0.2, -0.15) is 0 Å². The summed E-state index contributed by atoms with van der Waals surface area (Å²) in [4.78, 5) is 0. The average Bonchev–Trinajstić information content (AvgIpc) is 2.98. The summed E-state index contributed by atoms with van der Waals surface area (Å²) in [6.07, 6.45) is 9.43. The maximum absolute atomic E-state index is 6.12. The molecule has 0 N–H and O–H groups in total. The number of hydrogen-bond donors (Lipinski definition) is 0. The maximum Gasteiger partial charge on any atom is 0.162 e. The molecule has 0 amide bonds. The van der Waals surface area contributed by atoms with E-state index in [0.717, 1.165) is 18.6 Å². The first kappa shape index (κ1) is 18.0. The third-order valence-corrected chi connectivity index (χ3v) is 4.26. The van der Waals surface area contributed by atoms with Gasteiger partial charge in [0.25, 0.3) is 0 Å². The van der Waals surface area contributed by atoms with Gasteiger partial charge in [-0.05, 0) is 43.0 Å². The Morgan fingerprint density at radius 3 is 2.57 bits per heavy atom. The quantitative estimate of drug-likeness (QED) is 0.450. The van der Waals surface area contributed by atoms with E-state index in [1.54, 1.807) is 7.11 Å². The summed E-state index contributed by atoms with van der Waals surface area (Å²) in [5.41, 5.74) is 2.53. The van der Waals surface area contributed by atoms with Crippen LogP contribution in [-0.4, -0.2) is 20.0 Å². The fourth-order valence-electron chi connectivity index (χ4n) is 2.99. The van der Waals surface area contributed by atoms with E-state index in [9.17, 15) is 0 Å². The molecule has 1 heterocycles. The summed E-state index contributed by atoms with van der Waals surface area (Å²) in [6, 6.07) is 8.16. The highest BCUT2D eigenvalue weighted by Crippen LogP contribution is 2.39. The van der Waals surface area contributed by atoms with E-state index in [2.05, 4.69) is 25.1 Å². The highest BCUT2D eigenvalue weighted by atomic mass is 16.7. The first-order valence-corrected chi connectivity index (χ1v) is 8.88. The predicted molar refractivity (Wildman–Crippen MR) is 93.7 cm³/mol. The normalized spacial score (nSPS) is 22.7. The maximum atomic E-state index is 6.12. The molecular weight excluding hydrogens is 288 g/mol. The molecule has 0 spiro atoms. The molecule has 0 bridgehead atoms. The van der Waals surface area contributed by atoms with Crippen LogP contribution in [-0.2, 0) is 9.47 Å². The van der Waals surface area contributed by atoms with Crippen molar-refractivity contribution < 1.29 is 14.2 Å². The minimum Gasteiger partial charge on any atom is -0.497 e. The van der Waals surface area contributed by atoms with E-state index < -0.39 is 0 Å². The fourth-order valence-corrected chi connectivity index (χ4v) is 2.99. The van der Waals surface area contributed by atoms with Gasteiger partial charge in [-0.1, -0.05) is 44.4 Å². The molecule has 1 aliphatic heterocycles. The number of benzene rings is 1. The third-order valence-electron chi connectivity index (χ3n) is 4.26. The van der Waals surface area contributed by atoms with Gasteiger partial charge >= 0.3 is 0 Å². The lowest BCUT2D eigenvalue weighted by Gasteiger charge is -2.14. The number of allylic oxidation sites excluding steroid dienone is 1. The molecule has 1 fully saturated rings. The standard InChI is InChI=1S/C20H30O3/c1-4-6-7-8-9-10-17-15-19(22-5-2)23-20(17)16-11-13-18(21-3)14-12-16/h10-14,19-20H,4-9,15H2,1-3H3/b17-10+. The zero-order valence-electron chi connectivity index (χ0n) is 14.7. The van der Waals surface area contributed by atoms with Crippen LogP contribution in [0.3, 0.4) is 0 Å². The molecule has 0 aliphatic carbocycles. The Balaban J connectivity index is 2.04. The van der Waals surface area contributed by atoms with Crippen molar-refractivity contribution in [2.45, 2.75) is 64.8 Å². The summed E-state index contributed by atoms with van der Waals surface area (Å²) in [5, 5.41) is 0. The number of rotatable bonds is 9. The summed E-state index contributed by atoms with van der Waals surface area (Å²) in [7, 11) is 1.69. The molecule has 1 saturated heterocycles. The van der Waals surface area contributed by atoms with Crippen molar-refractivity contribution in [3.8, 4) is 5.75 Å². The SMILES string of the molecule is CCCCCC/C=C1\CC(OCC)OC1c1ccc(OC)cc1. The Labute approximate surface area is 140 Å². The number of hydrogen-bond acceptors (Lipinski definition) is 3. The van der Waals surface area contributed by atoms with Crippen LogP contribution in [0.4, 0.5) is 0 Å². The van der Waals surface area contributed by atoms with Gasteiger partial charge in [0.2, 0.25) is 0 Å². The van der Waals surface area contributed by atoms with Crippen LogP contribution in [0, 0.1) is 0 Å². The van der Waals surface area contributed by atoms with E-state index in [1.807, 2.05) is 19.1 Å². The van der Waals surface area contributed by atoms with Gasteiger partial charge in [0.05, 0.1) is 7.11 Å². The molecule has 0 radical (unpaired) electrons. The topological polar surface area (TPSA) is 27.7 Å². The largest absolute Gasteiger partial charge is 0.497 e. The van der Waals surface area contributed by atoms with Gasteiger partial charge < -0.3 is 14.2 Å². The number of unbranched alkanes of at least 4 members (excludes halogenated alkanes) is 4. The zero-order valence-corrected chi connectivity index (χ0v) is 14.7. The molecule has 1 aromatic carbocycles. The van der Waals surface area contributed by atoms with Gasteiger partial charge in [-0.25, -0.2) is 0 Å². The highest BCUT2D eigenvalue weighted by Gasteiger charge is 2.31. The molecular formula is C20H30O3. The van der Waals surface area contributed by atoms with Crippen LogP contribution < -0.4 is 4.74 Å². The van der Waals surface area contributed by atoms with Crippen molar-refractivity contribution >= 4 is 0 Å². The van der Waals surface area contributed by atoms with Crippen molar-refractivity contribution in [1.29, 1.82) is 0 Å². The molecule has 3 nitrogen and oxygen atoms in total. The second-order valence-corrected chi connectivity index (χ2v) is 6.01. The molecule has 2 rings (SSSR count). The molecule has 1 aliphatic rings. The second-order valence-electron chi connectivity index (χ2n) is 6.01. The molecule has 0 saturated carbocycles. The van der Waals surface area contributed by atoms with Crippen molar-refractivity contribution in [2.24, 2.45) is 0 Å². The Morgan fingerprint density at radius 1 is 1.13 bits per heavy atom. The van der Waals surface area contributed by atoms with E-state index in [4.69, 9.17) is 14.2 Å². The molecule has 23 heavy (non-hydrogen) atoms. The summed E-state index contributed by atoms with van der Waals surface area (Å²) in [5.74, 6) is 0.873. The van der Waals surface area contributed by atoms with E-state index in [0.29, 0.717) is 6.61 Å². The number of ether oxygens (including phenoxy) is 3. The van der Waals surface area contributed by atoms with Crippen LogP contribution >= 0.6 is 0 Å². The Hall–Kier alpha value is -1.32. The molecule has 0 aromatic heterocycles. The van der Waals surface area contributed by atoms with E-state index >= 15 is 0 Å². The van der Waals surface area contributed by atoms with Gasteiger partial charge in [0.1, 0.15) is 11.9 Å². The molecule has 1 aromatic rings. The van der Waals surface area contributed by atoms with Crippen LogP contribution in [0.2, 0.25) is 0 Å². The van der Waals surface area contributed by atoms with E-state index in [-0.39, 0.29) is 12.4 Å². The Morgan fingerprint density at radius 2 is 1.91 bits per heavy atom. The minimum absolute atomic E-state index is 0.0173. The summed E-state index contributed by atoms with van der Waals surface area (Å²) in [6.45, 7) is 4.94. The van der Waals surface area contributed by atoms with Crippen molar-refractivity contribution in [2.75, 3.05) is 13.7 Å². The van der Waals surface area contributed by atoms with Gasteiger partial charge in [-0.3, -0.25) is 0 Å². The fraction of sp³-hybridized carbons (Fsp3) is 0.600. The van der Waals surface area contributed by atoms with Gasteiger partial charge in [-0.15, -0.1) is 0 Å². The molecule has 3 heteroatoms. The Kier molecular flexibility index (Phi) is 7.63. The molecule has 128 valence electrons. The third kappa shape index (κ3) is 5.36. The van der Waals surface area contributed by atoms with Gasteiger partial charge in [0.15, 0.2) is 6.29 Å². The van der Waals surface area contributed by atoms with Crippen LogP contribution in [0.1, 0.15) is 64.0 Å². The lowest BCUT2D eigenvalue weighted by molar-refractivity contribution is -0.130.